The number of halogens is 2. The lowest BCUT2D eigenvalue weighted by molar-refractivity contribution is 0.0177. The largest absolute Gasteiger partial charge is 0.497 e. The molecule has 6 nitrogen and oxygen atoms in total. The quantitative estimate of drug-likeness (QED) is 0.627. The van der Waals surface area contributed by atoms with Crippen LogP contribution in [0.1, 0.15) is 49.0 Å². The van der Waals surface area contributed by atoms with Gasteiger partial charge in [-0.05, 0) is 69.2 Å². The van der Waals surface area contributed by atoms with Gasteiger partial charge in [-0.25, -0.2) is 4.79 Å². The number of methoxy groups -OCH3 is 1. The van der Waals surface area contributed by atoms with Crippen molar-refractivity contribution in [2.75, 3.05) is 20.2 Å². The van der Waals surface area contributed by atoms with Gasteiger partial charge in [0.25, 0.3) is 5.91 Å². The molecule has 0 saturated carbocycles. The fourth-order valence-electron chi connectivity index (χ4n) is 3.69. The standard InChI is InChI=1S/C24H28Cl2N2O4/c1-24(2,3)32-23(30)28-12-11-21(18(14-28)16-7-10-19(25)20(26)13-16)27-22(29)15-5-8-17(31-4)9-6-15/h5-10,13,18,21H,11-12,14H2,1-4H3,(H,27,29). The van der Waals surface area contributed by atoms with Crippen molar-refractivity contribution in [3.8, 4) is 5.75 Å². The highest BCUT2D eigenvalue weighted by molar-refractivity contribution is 6.42. The molecule has 1 N–H and O–H groups in total. The Balaban J connectivity index is 1.82. The predicted molar refractivity (Wildman–Crippen MR) is 126 cm³/mol. The van der Waals surface area contributed by atoms with Crippen molar-refractivity contribution >= 4 is 35.2 Å². The number of rotatable bonds is 4. The van der Waals surface area contributed by atoms with Crippen LogP contribution in [0.2, 0.25) is 10.0 Å². The summed E-state index contributed by atoms with van der Waals surface area (Å²) in [7, 11) is 1.58. The van der Waals surface area contributed by atoms with Crippen molar-refractivity contribution in [1.29, 1.82) is 0 Å². The lowest BCUT2D eigenvalue weighted by Crippen LogP contribution is -2.52. The Morgan fingerprint density at radius 1 is 1.06 bits per heavy atom. The third-order valence-electron chi connectivity index (χ3n) is 5.31. The molecule has 8 heteroatoms. The van der Waals surface area contributed by atoms with Crippen LogP contribution in [0.15, 0.2) is 42.5 Å². The van der Waals surface area contributed by atoms with E-state index < -0.39 is 5.60 Å². The van der Waals surface area contributed by atoms with E-state index in [1.165, 1.54) is 0 Å². The van der Waals surface area contributed by atoms with Crippen molar-refractivity contribution in [3.63, 3.8) is 0 Å². The SMILES string of the molecule is COc1ccc(C(=O)NC2CCN(C(=O)OC(C)(C)C)CC2c2ccc(Cl)c(Cl)c2)cc1. The number of carbonyl (C=O) groups excluding carboxylic acids is 2. The van der Waals surface area contributed by atoms with E-state index in [9.17, 15) is 9.59 Å². The van der Waals surface area contributed by atoms with Gasteiger partial charge in [0, 0.05) is 30.6 Å². The first kappa shape index (κ1) is 24.2. The number of carbonyl (C=O) groups is 2. The fourth-order valence-corrected chi connectivity index (χ4v) is 4.00. The Morgan fingerprint density at radius 3 is 2.34 bits per heavy atom. The second-order valence-electron chi connectivity index (χ2n) is 8.80. The second-order valence-corrected chi connectivity index (χ2v) is 9.62. The fraction of sp³-hybridized carbons (Fsp3) is 0.417. The van der Waals surface area contributed by atoms with Crippen LogP contribution in [-0.4, -0.2) is 48.7 Å². The van der Waals surface area contributed by atoms with Crippen molar-refractivity contribution in [3.05, 3.63) is 63.6 Å². The minimum atomic E-state index is -0.588. The number of piperidine rings is 1. The number of amides is 2. The summed E-state index contributed by atoms with van der Waals surface area (Å²) < 4.78 is 10.7. The van der Waals surface area contributed by atoms with Gasteiger partial charge in [0.2, 0.25) is 0 Å². The Kier molecular flexibility index (Phi) is 7.57. The van der Waals surface area contributed by atoms with E-state index in [-0.39, 0.29) is 24.0 Å². The van der Waals surface area contributed by atoms with Gasteiger partial charge in [-0.3, -0.25) is 4.79 Å². The number of hydrogen-bond donors (Lipinski definition) is 1. The maximum Gasteiger partial charge on any atom is 0.410 e. The third kappa shape index (κ3) is 6.08. The van der Waals surface area contributed by atoms with E-state index in [4.69, 9.17) is 32.7 Å². The van der Waals surface area contributed by atoms with Crippen molar-refractivity contribution in [2.24, 2.45) is 0 Å². The molecule has 2 aromatic carbocycles. The van der Waals surface area contributed by atoms with Gasteiger partial charge in [0.05, 0.1) is 17.2 Å². The molecular formula is C24H28Cl2N2O4. The predicted octanol–water partition coefficient (Wildman–Crippen LogP) is 5.53. The van der Waals surface area contributed by atoms with E-state index >= 15 is 0 Å². The lowest BCUT2D eigenvalue weighted by Gasteiger charge is -2.39. The number of hydrogen-bond acceptors (Lipinski definition) is 4. The number of ether oxygens (including phenoxy) is 2. The van der Waals surface area contributed by atoms with Crippen LogP contribution in [0.5, 0.6) is 5.75 Å². The first-order valence-corrected chi connectivity index (χ1v) is 11.2. The Bertz CT molecular complexity index is 973. The molecule has 1 aliphatic heterocycles. The number of likely N-dealkylation sites (tertiary alicyclic amines) is 1. The normalized spacial score (nSPS) is 18.8. The molecule has 0 bridgehead atoms. The van der Waals surface area contributed by atoms with Crippen LogP contribution < -0.4 is 10.1 Å². The zero-order valence-corrected chi connectivity index (χ0v) is 20.2. The summed E-state index contributed by atoms with van der Waals surface area (Å²) >= 11 is 12.4. The molecule has 2 unspecified atom stereocenters. The molecule has 1 heterocycles. The molecule has 0 aromatic heterocycles. The summed E-state index contributed by atoms with van der Waals surface area (Å²) in [6.07, 6.45) is 0.203. The molecule has 172 valence electrons. The summed E-state index contributed by atoms with van der Waals surface area (Å²) in [5, 5.41) is 4.01. The summed E-state index contributed by atoms with van der Waals surface area (Å²) in [5.74, 6) is 0.322. The van der Waals surface area contributed by atoms with E-state index in [0.717, 1.165) is 5.56 Å². The van der Waals surface area contributed by atoms with E-state index in [1.807, 2.05) is 26.8 Å². The molecule has 0 aliphatic carbocycles. The maximum atomic E-state index is 12.9. The minimum Gasteiger partial charge on any atom is -0.497 e. The summed E-state index contributed by atoms with van der Waals surface area (Å²) in [4.78, 5) is 27.3. The summed E-state index contributed by atoms with van der Waals surface area (Å²) in [6, 6.07) is 12.1. The maximum absolute atomic E-state index is 12.9. The first-order chi connectivity index (χ1) is 15.1. The van der Waals surface area contributed by atoms with Crippen LogP contribution in [0, 0.1) is 0 Å². The van der Waals surface area contributed by atoms with E-state index in [1.54, 1.807) is 48.4 Å². The van der Waals surface area contributed by atoms with Crippen molar-refractivity contribution in [1.82, 2.24) is 10.2 Å². The number of nitrogens with one attached hydrogen (secondary N) is 1. The second kappa shape index (κ2) is 10.0. The summed E-state index contributed by atoms with van der Waals surface area (Å²) in [6.45, 7) is 6.37. The molecule has 2 aromatic rings. The third-order valence-corrected chi connectivity index (χ3v) is 6.04. The molecule has 2 amide bonds. The zero-order chi connectivity index (χ0) is 23.5. The van der Waals surface area contributed by atoms with Gasteiger partial charge in [-0.2, -0.15) is 0 Å². The molecule has 0 radical (unpaired) electrons. The molecular weight excluding hydrogens is 451 g/mol. The Hall–Kier alpha value is -2.44. The smallest absolute Gasteiger partial charge is 0.410 e. The Morgan fingerprint density at radius 2 is 1.75 bits per heavy atom. The van der Waals surface area contributed by atoms with Gasteiger partial charge in [0.1, 0.15) is 11.4 Å². The number of nitrogens with zero attached hydrogens (tertiary/aromatic N) is 1. The van der Waals surface area contributed by atoms with Gasteiger partial charge >= 0.3 is 6.09 Å². The minimum absolute atomic E-state index is 0.173. The molecule has 1 saturated heterocycles. The molecule has 0 spiro atoms. The number of benzene rings is 2. The molecule has 3 rings (SSSR count). The monoisotopic (exact) mass is 478 g/mol. The van der Waals surface area contributed by atoms with Gasteiger partial charge in [0.15, 0.2) is 0 Å². The summed E-state index contributed by atoms with van der Waals surface area (Å²) in [5.41, 5.74) is 0.844. The van der Waals surface area contributed by atoms with Crippen LogP contribution in [0.4, 0.5) is 4.79 Å². The highest BCUT2D eigenvalue weighted by Crippen LogP contribution is 2.32. The average molecular weight is 479 g/mol. The molecule has 1 fully saturated rings. The van der Waals surface area contributed by atoms with Crippen molar-refractivity contribution < 1.29 is 19.1 Å². The first-order valence-electron chi connectivity index (χ1n) is 10.4. The average Bonchev–Trinajstić information content (AvgIpc) is 2.74. The van der Waals surface area contributed by atoms with Crippen LogP contribution in [-0.2, 0) is 4.74 Å². The van der Waals surface area contributed by atoms with E-state index in [2.05, 4.69) is 5.32 Å². The zero-order valence-electron chi connectivity index (χ0n) is 18.7. The Labute approximate surface area is 198 Å². The van der Waals surface area contributed by atoms with Crippen LogP contribution in [0.3, 0.4) is 0 Å². The molecule has 1 aliphatic rings. The molecule has 2 atom stereocenters. The highest BCUT2D eigenvalue weighted by Gasteiger charge is 2.35. The lowest BCUT2D eigenvalue weighted by atomic mass is 9.86. The van der Waals surface area contributed by atoms with Gasteiger partial charge in [-0.1, -0.05) is 29.3 Å². The van der Waals surface area contributed by atoms with Crippen molar-refractivity contribution in [2.45, 2.75) is 44.8 Å². The van der Waals surface area contributed by atoms with Gasteiger partial charge in [-0.15, -0.1) is 0 Å². The van der Waals surface area contributed by atoms with E-state index in [0.29, 0.717) is 40.9 Å². The van der Waals surface area contributed by atoms with Crippen LogP contribution >= 0.6 is 23.2 Å². The van der Waals surface area contributed by atoms with Gasteiger partial charge < -0.3 is 19.7 Å². The highest BCUT2D eigenvalue weighted by atomic mass is 35.5. The molecule has 32 heavy (non-hydrogen) atoms. The van der Waals surface area contributed by atoms with Crippen LogP contribution in [0.25, 0.3) is 0 Å². The topological polar surface area (TPSA) is 67.9 Å².